The van der Waals surface area contributed by atoms with Crippen molar-refractivity contribution in [2.24, 2.45) is 10.9 Å². The van der Waals surface area contributed by atoms with Crippen LogP contribution in [0.3, 0.4) is 0 Å². The van der Waals surface area contributed by atoms with Crippen molar-refractivity contribution < 1.29 is 9.47 Å². The zero-order valence-corrected chi connectivity index (χ0v) is 18.5. The minimum atomic E-state index is 0. The standard InChI is InChI=1S/C17H26BrN3O2.HI/c1-19-17(21(2)8-9-23-12-13-4-5-13)20-11-14-10-15(18)6-7-16(14)22-3;/h6-7,10,13H,4-5,8-9,11-12H2,1-3H3,(H,19,20);1H. The van der Waals surface area contributed by atoms with E-state index in [4.69, 9.17) is 9.47 Å². The molecule has 0 atom stereocenters. The summed E-state index contributed by atoms with van der Waals surface area (Å²) in [6.07, 6.45) is 2.65. The zero-order valence-electron chi connectivity index (χ0n) is 14.5. The van der Waals surface area contributed by atoms with Gasteiger partial charge in [-0.1, -0.05) is 15.9 Å². The van der Waals surface area contributed by atoms with Gasteiger partial charge < -0.3 is 19.7 Å². The SMILES string of the molecule is CN=C(NCc1cc(Br)ccc1OC)N(C)CCOCC1CC1.I. The van der Waals surface area contributed by atoms with Gasteiger partial charge in [0.15, 0.2) is 5.96 Å². The van der Waals surface area contributed by atoms with Gasteiger partial charge in [-0.05, 0) is 37.0 Å². The molecule has 136 valence electrons. The number of hydrogen-bond acceptors (Lipinski definition) is 3. The van der Waals surface area contributed by atoms with Crippen LogP contribution in [-0.4, -0.2) is 51.8 Å². The highest BCUT2D eigenvalue weighted by Gasteiger charge is 2.21. The molecule has 0 aromatic heterocycles. The van der Waals surface area contributed by atoms with Gasteiger partial charge in [-0.2, -0.15) is 0 Å². The number of methoxy groups -OCH3 is 1. The Bertz CT molecular complexity index is 539. The lowest BCUT2D eigenvalue weighted by Crippen LogP contribution is -2.40. The summed E-state index contributed by atoms with van der Waals surface area (Å²) in [6, 6.07) is 5.98. The van der Waals surface area contributed by atoms with Crippen molar-refractivity contribution in [3.05, 3.63) is 28.2 Å². The largest absolute Gasteiger partial charge is 0.496 e. The molecule has 0 unspecified atom stereocenters. The molecule has 7 heteroatoms. The predicted octanol–water partition coefficient (Wildman–Crippen LogP) is 3.51. The highest BCUT2D eigenvalue weighted by Crippen LogP contribution is 2.28. The number of benzene rings is 1. The van der Waals surface area contributed by atoms with E-state index >= 15 is 0 Å². The molecule has 0 bridgehead atoms. The Morgan fingerprint density at radius 2 is 2.17 bits per heavy atom. The summed E-state index contributed by atoms with van der Waals surface area (Å²) in [4.78, 5) is 6.41. The Balaban J connectivity index is 0.00000288. The van der Waals surface area contributed by atoms with E-state index < -0.39 is 0 Å². The Morgan fingerprint density at radius 1 is 1.42 bits per heavy atom. The maximum absolute atomic E-state index is 5.69. The van der Waals surface area contributed by atoms with Crippen LogP contribution in [0.1, 0.15) is 18.4 Å². The molecular formula is C17H27BrIN3O2. The van der Waals surface area contributed by atoms with E-state index in [2.05, 4.69) is 37.2 Å². The second kappa shape index (κ2) is 11.1. The minimum absolute atomic E-state index is 0. The number of nitrogens with one attached hydrogen (secondary N) is 1. The molecule has 1 aromatic carbocycles. The quantitative estimate of drug-likeness (QED) is 0.251. The topological polar surface area (TPSA) is 46.1 Å². The number of halogens is 2. The molecule has 24 heavy (non-hydrogen) atoms. The first-order valence-corrected chi connectivity index (χ1v) is 8.75. The summed E-state index contributed by atoms with van der Waals surface area (Å²) in [5, 5.41) is 3.37. The third-order valence-electron chi connectivity index (χ3n) is 3.87. The van der Waals surface area contributed by atoms with Crippen LogP contribution in [0.5, 0.6) is 5.75 Å². The van der Waals surface area contributed by atoms with Gasteiger partial charge in [-0.3, -0.25) is 4.99 Å². The summed E-state index contributed by atoms with van der Waals surface area (Å²) < 4.78 is 12.1. The van der Waals surface area contributed by atoms with E-state index in [0.717, 1.165) is 47.4 Å². The van der Waals surface area contributed by atoms with Crippen molar-refractivity contribution in [2.45, 2.75) is 19.4 Å². The van der Waals surface area contributed by atoms with E-state index in [-0.39, 0.29) is 24.0 Å². The molecule has 0 radical (unpaired) electrons. The van der Waals surface area contributed by atoms with Crippen LogP contribution in [0.4, 0.5) is 0 Å². The number of rotatable bonds is 8. The van der Waals surface area contributed by atoms with E-state index in [0.29, 0.717) is 6.54 Å². The third-order valence-corrected chi connectivity index (χ3v) is 4.37. The Kier molecular flexibility index (Phi) is 9.99. The zero-order chi connectivity index (χ0) is 16.7. The summed E-state index contributed by atoms with van der Waals surface area (Å²) in [6.45, 7) is 3.10. The molecular weight excluding hydrogens is 485 g/mol. The van der Waals surface area contributed by atoms with E-state index in [1.54, 1.807) is 14.2 Å². The Labute approximate surface area is 170 Å². The molecule has 5 nitrogen and oxygen atoms in total. The molecule has 1 aliphatic carbocycles. The van der Waals surface area contributed by atoms with Gasteiger partial charge >= 0.3 is 0 Å². The molecule has 1 saturated carbocycles. The fourth-order valence-corrected chi connectivity index (χ4v) is 2.69. The first-order chi connectivity index (χ1) is 11.1. The lowest BCUT2D eigenvalue weighted by molar-refractivity contribution is 0.115. The molecule has 0 aliphatic heterocycles. The molecule has 1 aliphatic rings. The second-order valence-electron chi connectivity index (χ2n) is 5.80. The van der Waals surface area contributed by atoms with Gasteiger partial charge in [0.05, 0.1) is 13.7 Å². The van der Waals surface area contributed by atoms with Crippen LogP contribution in [0, 0.1) is 5.92 Å². The highest BCUT2D eigenvalue weighted by atomic mass is 127. The molecule has 1 fully saturated rings. The van der Waals surface area contributed by atoms with E-state index in [1.807, 2.05) is 19.2 Å². The van der Waals surface area contributed by atoms with Crippen molar-refractivity contribution >= 4 is 45.9 Å². The van der Waals surface area contributed by atoms with Crippen molar-refractivity contribution in [1.29, 1.82) is 0 Å². The van der Waals surface area contributed by atoms with Crippen molar-refractivity contribution in [3.63, 3.8) is 0 Å². The van der Waals surface area contributed by atoms with Crippen LogP contribution in [0.2, 0.25) is 0 Å². The third kappa shape index (κ3) is 7.14. The molecule has 2 rings (SSSR count). The van der Waals surface area contributed by atoms with Crippen LogP contribution < -0.4 is 10.1 Å². The van der Waals surface area contributed by atoms with Gasteiger partial charge in [0, 0.05) is 43.8 Å². The second-order valence-corrected chi connectivity index (χ2v) is 6.71. The maximum Gasteiger partial charge on any atom is 0.193 e. The van der Waals surface area contributed by atoms with Crippen LogP contribution in [0.25, 0.3) is 0 Å². The van der Waals surface area contributed by atoms with E-state index in [1.165, 1.54) is 12.8 Å². The predicted molar refractivity (Wildman–Crippen MR) is 112 cm³/mol. The number of likely N-dealkylation sites (N-methyl/N-ethyl adjacent to an activating group) is 1. The highest BCUT2D eigenvalue weighted by molar-refractivity contribution is 14.0. The molecule has 1 N–H and O–H groups in total. The van der Waals surface area contributed by atoms with Gasteiger partial charge in [0.1, 0.15) is 5.75 Å². The molecule has 1 aromatic rings. The first-order valence-electron chi connectivity index (χ1n) is 7.96. The molecule has 0 saturated heterocycles. The molecule has 0 spiro atoms. The maximum atomic E-state index is 5.69. The molecule has 0 heterocycles. The summed E-state index contributed by atoms with van der Waals surface area (Å²) in [7, 11) is 5.50. The van der Waals surface area contributed by atoms with Crippen LogP contribution >= 0.6 is 39.9 Å². The summed E-state index contributed by atoms with van der Waals surface area (Å²) in [5.41, 5.74) is 1.08. The van der Waals surface area contributed by atoms with Crippen molar-refractivity contribution in [3.8, 4) is 5.75 Å². The summed E-state index contributed by atoms with van der Waals surface area (Å²) in [5.74, 6) is 2.52. The lowest BCUT2D eigenvalue weighted by atomic mass is 10.2. The smallest absolute Gasteiger partial charge is 0.193 e. The van der Waals surface area contributed by atoms with Crippen molar-refractivity contribution in [1.82, 2.24) is 10.2 Å². The molecule has 0 amide bonds. The monoisotopic (exact) mass is 511 g/mol. The van der Waals surface area contributed by atoms with Crippen LogP contribution in [-0.2, 0) is 11.3 Å². The van der Waals surface area contributed by atoms with Gasteiger partial charge in [-0.25, -0.2) is 0 Å². The number of aliphatic imine (C=N–C) groups is 1. The number of ether oxygens (including phenoxy) is 2. The summed E-state index contributed by atoms with van der Waals surface area (Å²) >= 11 is 3.50. The van der Waals surface area contributed by atoms with Gasteiger partial charge in [0.25, 0.3) is 0 Å². The fourth-order valence-electron chi connectivity index (χ4n) is 2.29. The van der Waals surface area contributed by atoms with Crippen LogP contribution in [0.15, 0.2) is 27.7 Å². The van der Waals surface area contributed by atoms with Gasteiger partial charge in [-0.15, -0.1) is 24.0 Å². The normalized spacial score (nSPS) is 14.1. The Morgan fingerprint density at radius 3 is 2.79 bits per heavy atom. The number of guanidine groups is 1. The van der Waals surface area contributed by atoms with Gasteiger partial charge in [0.2, 0.25) is 0 Å². The van der Waals surface area contributed by atoms with Crippen molar-refractivity contribution in [2.75, 3.05) is 41.0 Å². The number of hydrogen-bond donors (Lipinski definition) is 1. The minimum Gasteiger partial charge on any atom is -0.496 e. The fraction of sp³-hybridized carbons (Fsp3) is 0.588. The average molecular weight is 512 g/mol. The van der Waals surface area contributed by atoms with E-state index in [9.17, 15) is 0 Å². The Hall–Kier alpha value is -0.540. The lowest BCUT2D eigenvalue weighted by Gasteiger charge is -2.22. The average Bonchev–Trinajstić information content (AvgIpc) is 3.36. The first kappa shape index (κ1) is 21.5. The number of nitrogens with zero attached hydrogens (tertiary/aromatic N) is 2.